The van der Waals surface area contributed by atoms with Crippen molar-refractivity contribution in [1.29, 1.82) is 0 Å². The van der Waals surface area contributed by atoms with E-state index >= 15 is 0 Å². The summed E-state index contributed by atoms with van der Waals surface area (Å²) in [5, 5.41) is 3.25. The minimum atomic E-state index is 0.750. The number of rotatable bonds is 1. The Morgan fingerprint density at radius 2 is 2.00 bits per heavy atom. The maximum atomic E-state index is 3.25. The van der Waals surface area contributed by atoms with Crippen LogP contribution >= 0.6 is 0 Å². The zero-order valence-corrected chi connectivity index (χ0v) is 7.65. The third-order valence-corrected chi connectivity index (χ3v) is 1.80. The molecule has 1 aliphatic heterocycles. The van der Waals surface area contributed by atoms with Gasteiger partial charge in [0.25, 0.3) is 0 Å². The molecule has 10 heavy (non-hydrogen) atoms. The molecular weight excluding hydrogens is 124 g/mol. The highest BCUT2D eigenvalue weighted by Gasteiger charge is 2.16. The molecule has 2 heteroatoms. The molecule has 0 spiro atoms. The van der Waals surface area contributed by atoms with Crippen LogP contribution in [0.3, 0.4) is 0 Å². The van der Waals surface area contributed by atoms with E-state index in [4.69, 9.17) is 0 Å². The van der Waals surface area contributed by atoms with E-state index < -0.39 is 0 Å². The molecule has 0 aliphatic carbocycles. The van der Waals surface area contributed by atoms with Gasteiger partial charge in [-0.2, -0.15) is 0 Å². The molecule has 0 aromatic heterocycles. The first-order valence-corrected chi connectivity index (χ1v) is 4.18. The Hall–Kier alpha value is -0.0800. The molecule has 0 radical (unpaired) electrons. The normalized spacial score (nSPS) is 25.8. The number of hydrogen-bond donors (Lipinski definition) is 1. The summed E-state index contributed by atoms with van der Waals surface area (Å²) >= 11 is 0. The largest absolute Gasteiger partial charge is 0.316 e. The lowest BCUT2D eigenvalue weighted by Crippen LogP contribution is -2.27. The third kappa shape index (κ3) is 3.18. The average molecular weight is 144 g/mol. The monoisotopic (exact) mass is 144 g/mol. The van der Waals surface area contributed by atoms with E-state index in [9.17, 15) is 0 Å². The van der Waals surface area contributed by atoms with Crippen LogP contribution in [0.25, 0.3) is 0 Å². The fourth-order valence-electron chi connectivity index (χ4n) is 1.17. The number of likely N-dealkylation sites (N-methyl/N-ethyl adjacent to an activating group) is 2. The number of hydrogen-bond acceptors (Lipinski definition) is 2. The molecule has 0 amide bonds. The van der Waals surface area contributed by atoms with Crippen molar-refractivity contribution in [2.45, 2.75) is 26.3 Å². The van der Waals surface area contributed by atoms with Crippen molar-refractivity contribution in [2.24, 2.45) is 0 Å². The minimum Gasteiger partial charge on any atom is -0.316 e. The van der Waals surface area contributed by atoms with E-state index in [2.05, 4.69) is 17.3 Å². The molecule has 1 aliphatic rings. The van der Waals surface area contributed by atoms with Crippen molar-refractivity contribution in [3.8, 4) is 0 Å². The predicted octanol–water partition coefficient (Wildman–Crippen LogP) is 0.936. The van der Waals surface area contributed by atoms with E-state index in [1.165, 1.54) is 19.5 Å². The maximum absolute atomic E-state index is 3.25. The molecule has 1 fully saturated rings. The van der Waals surface area contributed by atoms with Gasteiger partial charge in [0.15, 0.2) is 0 Å². The quantitative estimate of drug-likeness (QED) is 0.589. The lowest BCUT2D eigenvalue weighted by molar-refractivity contribution is 0.403. The molecule has 1 rings (SSSR count). The smallest absolute Gasteiger partial charge is 0.0204 e. The van der Waals surface area contributed by atoms with Gasteiger partial charge in [-0.3, -0.25) is 0 Å². The van der Waals surface area contributed by atoms with E-state index in [-0.39, 0.29) is 0 Å². The lowest BCUT2D eigenvalue weighted by Gasteiger charge is -2.07. The zero-order chi connectivity index (χ0) is 7.98. The van der Waals surface area contributed by atoms with Crippen LogP contribution in [-0.4, -0.2) is 38.1 Å². The first kappa shape index (κ1) is 9.92. The van der Waals surface area contributed by atoms with Crippen molar-refractivity contribution in [2.75, 3.05) is 27.2 Å². The van der Waals surface area contributed by atoms with Crippen LogP contribution in [0.15, 0.2) is 0 Å². The summed E-state index contributed by atoms with van der Waals surface area (Å²) in [6.07, 6.45) is 1.31. The van der Waals surface area contributed by atoms with Crippen molar-refractivity contribution < 1.29 is 0 Å². The summed E-state index contributed by atoms with van der Waals surface area (Å²) in [6.45, 7) is 6.47. The second-order valence-electron chi connectivity index (χ2n) is 2.54. The van der Waals surface area contributed by atoms with Gasteiger partial charge in [-0.05, 0) is 27.1 Å². The predicted molar refractivity (Wildman–Crippen MR) is 46.3 cm³/mol. The molecule has 0 aromatic carbocycles. The Bertz CT molecular complexity index is 73.7. The van der Waals surface area contributed by atoms with Gasteiger partial charge in [0.05, 0.1) is 0 Å². The third-order valence-electron chi connectivity index (χ3n) is 1.80. The molecule has 62 valence electrons. The van der Waals surface area contributed by atoms with Gasteiger partial charge >= 0.3 is 0 Å². The van der Waals surface area contributed by atoms with Crippen molar-refractivity contribution >= 4 is 0 Å². The fourth-order valence-corrected chi connectivity index (χ4v) is 1.17. The zero-order valence-electron chi connectivity index (χ0n) is 7.65. The summed E-state index contributed by atoms with van der Waals surface area (Å²) in [7, 11) is 4.20. The van der Waals surface area contributed by atoms with Gasteiger partial charge in [-0.25, -0.2) is 0 Å². The Morgan fingerprint density at radius 3 is 2.20 bits per heavy atom. The molecule has 2 nitrogen and oxygen atoms in total. The second-order valence-corrected chi connectivity index (χ2v) is 2.54. The van der Waals surface area contributed by atoms with Crippen LogP contribution in [0.5, 0.6) is 0 Å². The van der Waals surface area contributed by atoms with Gasteiger partial charge < -0.3 is 10.2 Å². The van der Waals surface area contributed by atoms with Gasteiger partial charge in [-0.15, -0.1) is 0 Å². The van der Waals surface area contributed by atoms with Crippen molar-refractivity contribution in [1.82, 2.24) is 10.2 Å². The van der Waals surface area contributed by atoms with Gasteiger partial charge in [0.1, 0.15) is 0 Å². The van der Waals surface area contributed by atoms with Crippen LogP contribution in [0.2, 0.25) is 0 Å². The van der Waals surface area contributed by atoms with E-state index in [0.717, 1.165) is 6.04 Å². The minimum absolute atomic E-state index is 0.750. The lowest BCUT2D eigenvalue weighted by atomic mass is 10.3. The first-order valence-electron chi connectivity index (χ1n) is 4.18. The molecule has 1 atom stereocenters. The maximum Gasteiger partial charge on any atom is 0.0204 e. The van der Waals surface area contributed by atoms with Gasteiger partial charge in [-0.1, -0.05) is 13.8 Å². The van der Waals surface area contributed by atoms with E-state index in [1.54, 1.807) is 0 Å². The van der Waals surface area contributed by atoms with Crippen molar-refractivity contribution in [3.63, 3.8) is 0 Å². The topological polar surface area (TPSA) is 15.3 Å². The van der Waals surface area contributed by atoms with Crippen LogP contribution in [-0.2, 0) is 0 Å². The molecule has 1 N–H and O–H groups in total. The summed E-state index contributed by atoms with van der Waals surface area (Å²) in [5.74, 6) is 0. The first-order chi connectivity index (χ1) is 4.83. The molecule has 1 heterocycles. The molecule has 1 unspecified atom stereocenters. The molecule has 1 saturated heterocycles. The summed E-state index contributed by atoms with van der Waals surface area (Å²) in [6, 6.07) is 0.750. The van der Waals surface area contributed by atoms with Crippen LogP contribution < -0.4 is 5.32 Å². The highest BCUT2D eigenvalue weighted by Crippen LogP contribution is 2.04. The van der Waals surface area contributed by atoms with Gasteiger partial charge in [0.2, 0.25) is 0 Å². The summed E-state index contributed by atoms with van der Waals surface area (Å²) in [4.78, 5) is 2.35. The number of nitrogens with zero attached hydrogens (tertiary/aromatic N) is 1. The molecular formula is C8H20N2. The van der Waals surface area contributed by atoms with Crippen LogP contribution in [0.4, 0.5) is 0 Å². The summed E-state index contributed by atoms with van der Waals surface area (Å²) in [5.41, 5.74) is 0. The van der Waals surface area contributed by atoms with Gasteiger partial charge in [0, 0.05) is 12.6 Å². The number of nitrogens with one attached hydrogen (secondary N) is 1. The highest BCUT2D eigenvalue weighted by atomic mass is 15.2. The molecule has 0 bridgehead atoms. The second kappa shape index (κ2) is 5.69. The number of likely N-dealkylation sites (tertiary alicyclic amines) is 1. The Morgan fingerprint density at radius 1 is 1.40 bits per heavy atom. The molecule has 0 aromatic rings. The van der Waals surface area contributed by atoms with Crippen LogP contribution in [0, 0.1) is 0 Å². The van der Waals surface area contributed by atoms with Crippen molar-refractivity contribution in [3.05, 3.63) is 0 Å². The Balaban J connectivity index is 0.000000371. The SMILES string of the molecule is CC.CNC1CCN(C)C1. The average Bonchev–Trinajstić information content (AvgIpc) is 2.40. The highest BCUT2D eigenvalue weighted by molar-refractivity contribution is 4.76. The Labute approximate surface area is 64.6 Å². The fraction of sp³-hybridized carbons (Fsp3) is 1.00. The standard InChI is InChI=1S/C6H14N2.C2H6/c1-7-6-3-4-8(2)5-6;1-2/h6-7H,3-5H2,1-2H3;1-2H3. The van der Waals surface area contributed by atoms with E-state index in [0.29, 0.717) is 0 Å². The Kier molecular flexibility index (Phi) is 5.64. The van der Waals surface area contributed by atoms with Crippen LogP contribution in [0.1, 0.15) is 20.3 Å². The summed E-state index contributed by atoms with van der Waals surface area (Å²) < 4.78 is 0. The molecule has 0 saturated carbocycles. The van der Waals surface area contributed by atoms with E-state index in [1.807, 2.05) is 20.9 Å².